The van der Waals surface area contributed by atoms with Gasteiger partial charge in [-0.3, -0.25) is 9.79 Å². The number of hydrogen-bond donors (Lipinski definition) is 1. The summed E-state index contributed by atoms with van der Waals surface area (Å²) < 4.78 is 0. The fourth-order valence-electron chi connectivity index (χ4n) is 4.60. The first-order chi connectivity index (χ1) is 18.6. The van der Waals surface area contributed by atoms with Crippen LogP contribution in [0, 0.1) is 0 Å². The first-order valence-corrected chi connectivity index (χ1v) is 13.4. The van der Waals surface area contributed by atoms with Gasteiger partial charge in [-0.25, -0.2) is 0 Å². The number of allylic oxidation sites excluding steroid dienone is 1. The molecule has 0 heterocycles. The van der Waals surface area contributed by atoms with Crippen LogP contribution in [-0.4, -0.2) is 18.0 Å². The van der Waals surface area contributed by atoms with Crippen LogP contribution in [0.3, 0.4) is 0 Å². The topological polar surface area (TPSA) is 41.5 Å². The molecule has 0 unspecified atom stereocenters. The van der Waals surface area contributed by atoms with E-state index in [1.165, 1.54) is 11.1 Å². The molecule has 0 aliphatic rings. The third-order valence-corrected chi connectivity index (χ3v) is 6.55. The lowest BCUT2D eigenvalue weighted by molar-refractivity contribution is -0.115. The molecule has 4 aromatic carbocycles. The van der Waals surface area contributed by atoms with Crippen molar-refractivity contribution in [1.82, 2.24) is 0 Å². The molecule has 0 radical (unpaired) electrons. The first-order valence-electron chi connectivity index (χ1n) is 13.4. The normalized spacial score (nSPS) is 12.1. The Morgan fingerprint density at radius 3 is 2.11 bits per heavy atom. The Morgan fingerprint density at radius 2 is 1.42 bits per heavy atom. The maximum Gasteiger partial charge on any atom is 0.148 e. The van der Waals surface area contributed by atoms with Crippen LogP contribution < -0.4 is 5.32 Å². The number of rotatable bonds is 11. The van der Waals surface area contributed by atoms with Crippen molar-refractivity contribution in [3.8, 4) is 11.1 Å². The zero-order valence-corrected chi connectivity index (χ0v) is 22.6. The molecule has 0 saturated carbocycles. The number of carbonyl (C=O) groups excluding carboxylic acids is 1. The first kappa shape index (κ1) is 26.8. The van der Waals surface area contributed by atoms with Gasteiger partial charge in [0, 0.05) is 22.5 Å². The lowest BCUT2D eigenvalue weighted by Gasteiger charge is -2.16. The summed E-state index contributed by atoms with van der Waals surface area (Å²) in [4.78, 5) is 16.8. The summed E-state index contributed by atoms with van der Waals surface area (Å²) in [6.07, 6.45) is 3.19. The fraction of sp³-hybridized carbons (Fsp3) is 0.200. The Balaban J connectivity index is 1.84. The second kappa shape index (κ2) is 13.3. The van der Waals surface area contributed by atoms with E-state index in [2.05, 4.69) is 110 Å². The molecule has 1 N–H and O–H groups in total. The highest BCUT2D eigenvalue weighted by atomic mass is 16.1. The van der Waals surface area contributed by atoms with E-state index in [0.29, 0.717) is 6.54 Å². The van der Waals surface area contributed by atoms with Gasteiger partial charge in [0.05, 0.1) is 12.2 Å². The molecule has 4 aromatic rings. The van der Waals surface area contributed by atoms with Crippen LogP contribution in [0.15, 0.2) is 114 Å². The van der Waals surface area contributed by atoms with Gasteiger partial charge in [0.2, 0.25) is 0 Å². The quantitative estimate of drug-likeness (QED) is 0.165. The van der Waals surface area contributed by atoms with Crippen molar-refractivity contribution in [2.24, 2.45) is 4.99 Å². The monoisotopic (exact) mass is 500 g/mol. The van der Waals surface area contributed by atoms with Crippen molar-refractivity contribution in [1.29, 1.82) is 0 Å². The maximum absolute atomic E-state index is 11.5. The molecule has 38 heavy (non-hydrogen) atoms. The molecule has 0 aliphatic carbocycles. The molecule has 0 atom stereocenters. The van der Waals surface area contributed by atoms with Gasteiger partial charge in [-0.05, 0) is 61.1 Å². The largest absolute Gasteiger partial charge is 0.378 e. The summed E-state index contributed by atoms with van der Waals surface area (Å²) >= 11 is 0. The molecule has 3 nitrogen and oxygen atoms in total. The number of nitrogens with one attached hydrogen (secondary N) is 1. The second-order valence-electron chi connectivity index (χ2n) is 9.54. The fourth-order valence-corrected chi connectivity index (χ4v) is 4.60. The predicted molar refractivity (Wildman–Crippen MR) is 162 cm³/mol. The highest BCUT2D eigenvalue weighted by Gasteiger charge is 2.14. The Kier molecular flexibility index (Phi) is 9.42. The summed E-state index contributed by atoms with van der Waals surface area (Å²) in [5.74, 6) is 0.108. The van der Waals surface area contributed by atoms with Crippen molar-refractivity contribution in [3.63, 3.8) is 0 Å². The number of aliphatic imine (C=N–C) groups is 1. The van der Waals surface area contributed by atoms with Gasteiger partial charge in [-0.1, -0.05) is 110 Å². The van der Waals surface area contributed by atoms with Crippen LogP contribution in [0.25, 0.3) is 22.4 Å². The number of benzene rings is 4. The van der Waals surface area contributed by atoms with Gasteiger partial charge in [0.15, 0.2) is 0 Å². The van der Waals surface area contributed by atoms with Gasteiger partial charge in [0.25, 0.3) is 0 Å². The maximum atomic E-state index is 11.5. The molecule has 0 spiro atoms. The molecule has 4 rings (SSSR count). The van der Waals surface area contributed by atoms with Crippen molar-refractivity contribution >= 4 is 28.5 Å². The van der Waals surface area contributed by atoms with Crippen LogP contribution in [0.2, 0.25) is 0 Å². The van der Waals surface area contributed by atoms with E-state index < -0.39 is 0 Å². The standard InChI is InChI=1S/C35H36N2O/c1-4-5-21-34(28-15-8-6-9-16-28)35(29-17-10-7-11-18-29)37-27(3)32-22-12-13-23-33(32)30-19-14-20-31(24-30)36-25-26(2)38/h6-20,22-24,36H,4-5,21,25H2,1-3H3/b35-34+,37-27?. The van der Waals surface area contributed by atoms with Gasteiger partial charge in [0.1, 0.15) is 5.78 Å². The Bertz CT molecular complexity index is 1420. The summed E-state index contributed by atoms with van der Waals surface area (Å²) in [5, 5.41) is 3.22. The highest BCUT2D eigenvalue weighted by Crippen LogP contribution is 2.33. The molecule has 192 valence electrons. The van der Waals surface area contributed by atoms with Gasteiger partial charge >= 0.3 is 0 Å². The van der Waals surface area contributed by atoms with Crippen LogP contribution in [0.5, 0.6) is 0 Å². The van der Waals surface area contributed by atoms with E-state index in [9.17, 15) is 4.79 Å². The minimum Gasteiger partial charge on any atom is -0.378 e. The van der Waals surface area contributed by atoms with E-state index in [-0.39, 0.29) is 5.78 Å². The van der Waals surface area contributed by atoms with Crippen LogP contribution in [-0.2, 0) is 4.79 Å². The number of Topliss-reactive ketones (excluding diaryl/α,β-unsaturated/α-hetero) is 1. The van der Waals surface area contributed by atoms with E-state index in [1.807, 2.05) is 18.2 Å². The number of unbranched alkanes of at least 4 members (excludes halogenated alkanes) is 1. The van der Waals surface area contributed by atoms with Crippen molar-refractivity contribution in [2.45, 2.75) is 40.0 Å². The summed E-state index contributed by atoms with van der Waals surface area (Å²) in [6, 6.07) is 37.8. The molecule has 0 aliphatic heterocycles. The van der Waals surface area contributed by atoms with Gasteiger partial charge in [-0.15, -0.1) is 0 Å². The third-order valence-electron chi connectivity index (χ3n) is 6.55. The van der Waals surface area contributed by atoms with Crippen LogP contribution in [0.4, 0.5) is 5.69 Å². The van der Waals surface area contributed by atoms with Crippen molar-refractivity contribution in [3.05, 3.63) is 126 Å². The number of ketones is 1. The number of hydrogen-bond acceptors (Lipinski definition) is 3. The molecular formula is C35H36N2O. The zero-order valence-electron chi connectivity index (χ0n) is 22.6. The Morgan fingerprint density at radius 1 is 0.763 bits per heavy atom. The molecule has 3 heteroatoms. The minimum absolute atomic E-state index is 0.108. The van der Waals surface area contributed by atoms with Crippen molar-refractivity contribution in [2.75, 3.05) is 11.9 Å². The van der Waals surface area contributed by atoms with Crippen LogP contribution >= 0.6 is 0 Å². The minimum atomic E-state index is 0.108. The molecule has 0 amide bonds. The lowest BCUT2D eigenvalue weighted by atomic mass is 9.94. The molecule has 0 fully saturated rings. The number of anilines is 1. The average Bonchev–Trinajstić information content (AvgIpc) is 2.96. The van der Waals surface area contributed by atoms with Crippen LogP contribution in [0.1, 0.15) is 56.7 Å². The summed E-state index contributed by atoms with van der Waals surface area (Å²) in [7, 11) is 0. The average molecular weight is 501 g/mol. The van der Waals surface area contributed by atoms with E-state index in [0.717, 1.165) is 58.6 Å². The Labute approximate surface area is 227 Å². The SMILES string of the molecule is CCCC/C(=C(\N=C(C)c1ccccc1-c1cccc(NCC(C)=O)c1)c1ccccc1)c1ccccc1. The van der Waals surface area contributed by atoms with E-state index >= 15 is 0 Å². The smallest absolute Gasteiger partial charge is 0.148 e. The number of nitrogens with zero attached hydrogens (tertiary/aromatic N) is 1. The highest BCUT2D eigenvalue weighted by molar-refractivity contribution is 6.08. The van der Waals surface area contributed by atoms with Gasteiger partial charge in [-0.2, -0.15) is 0 Å². The van der Waals surface area contributed by atoms with Gasteiger partial charge < -0.3 is 5.32 Å². The second-order valence-corrected chi connectivity index (χ2v) is 9.54. The molecule has 0 saturated heterocycles. The molecule has 0 bridgehead atoms. The lowest BCUT2D eigenvalue weighted by Crippen LogP contribution is -2.09. The van der Waals surface area contributed by atoms with E-state index in [1.54, 1.807) is 6.92 Å². The Hall–Kier alpha value is -4.24. The summed E-state index contributed by atoms with van der Waals surface area (Å²) in [6.45, 7) is 6.24. The number of carbonyl (C=O) groups is 1. The van der Waals surface area contributed by atoms with E-state index in [4.69, 9.17) is 4.99 Å². The molecular weight excluding hydrogens is 464 g/mol. The predicted octanol–water partition coefficient (Wildman–Crippen LogP) is 8.92. The van der Waals surface area contributed by atoms with Crippen molar-refractivity contribution < 1.29 is 4.79 Å². The zero-order chi connectivity index (χ0) is 26.7. The summed E-state index contributed by atoms with van der Waals surface area (Å²) in [5.41, 5.74) is 9.81. The molecule has 0 aromatic heterocycles. The third kappa shape index (κ3) is 6.95.